The van der Waals surface area contributed by atoms with E-state index in [2.05, 4.69) is 10.3 Å². The SMILES string of the molecule is CC(C)(C)C(=O)Nc1ccn([C@H]2CC[C@@H](COC(=O)C(C)(C)C)O2)c(=O)n1. The van der Waals surface area contributed by atoms with Crippen LogP contribution >= 0.6 is 0 Å². The van der Waals surface area contributed by atoms with E-state index < -0.39 is 22.7 Å². The van der Waals surface area contributed by atoms with Crippen molar-refractivity contribution >= 4 is 17.7 Å². The molecule has 2 rings (SSSR count). The zero-order chi connectivity index (χ0) is 20.4. The molecule has 1 fully saturated rings. The second-order valence-corrected chi connectivity index (χ2v) is 8.85. The van der Waals surface area contributed by atoms with Crippen LogP contribution in [-0.2, 0) is 19.1 Å². The Hall–Kier alpha value is -2.22. The molecule has 0 bridgehead atoms. The summed E-state index contributed by atoms with van der Waals surface area (Å²) in [4.78, 5) is 40.1. The Morgan fingerprint density at radius 1 is 1.22 bits per heavy atom. The first-order chi connectivity index (χ1) is 12.4. The molecule has 2 heterocycles. The van der Waals surface area contributed by atoms with E-state index in [1.54, 1.807) is 53.8 Å². The van der Waals surface area contributed by atoms with Gasteiger partial charge in [-0.05, 0) is 39.7 Å². The van der Waals surface area contributed by atoms with Crippen LogP contribution in [0.5, 0.6) is 0 Å². The molecule has 27 heavy (non-hydrogen) atoms. The van der Waals surface area contributed by atoms with E-state index in [1.165, 1.54) is 4.57 Å². The second kappa shape index (κ2) is 7.80. The third kappa shape index (κ3) is 5.63. The third-order valence-corrected chi connectivity index (χ3v) is 4.16. The Labute approximate surface area is 159 Å². The summed E-state index contributed by atoms with van der Waals surface area (Å²) in [7, 11) is 0. The van der Waals surface area contributed by atoms with Gasteiger partial charge in [-0.3, -0.25) is 14.2 Å². The van der Waals surface area contributed by atoms with Crippen LogP contribution in [0.1, 0.15) is 60.6 Å². The number of amides is 1. The van der Waals surface area contributed by atoms with Gasteiger partial charge in [-0.25, -0.2) is 4.79 Å². The molecule has 0 aliphatic carbocycles. The summed E-state index contributed by atoms with van der Waals surface area (Å²) in [6.45, 7) is 10.9. The summed E-state index contributed by atoms with van der Waals surface area (Å²) in [5.74, 6) is -0.290. The molecule has 1 aromatic rings. The Kier molecular flexibility index (Phi) is 6.09. The molecule has 1 aliphatic rings. The summed E-state index contributed by atoms with van der Waals surface area (Å²) in [5.41, 5.74) is -1.64. The van der Waals surface area contributed by atoms with Crippen molar-refractivity contribution in [2.24, 2.45) is 10.8 Å². The van der Waals surface area contributed by atoms with E-state index in [0.29, 0.717) is 12.8 Å². The van der Waals surface area contributed by atoms with Crippen molar-refractivity contribution in [2.45, 2.75) is 66.7 Å². The number of ether oxygens (including phenoxy) is 2. The maximum absolute atomic E-state index is 12.3. The molecule has 0 saturated carbocycles. The Morgan fingerprint density at radius 3 is 2.44 bits per heavy atom. The zero-order valence-corrected chi connectivity index (χ0v) is 16.9. The van der Waals surface area contributed by atoms with Crippen molar-refractivity contribution in [3.63, 3.8) is 0 Å². The quantitative estimate of drug-likeness (QED) is 0.807. The molecule has 1 amide bonds. The Morgan fingerprint density at radius 2 is 1.89 bits per heavy atom. The van der Waals surface area contributed by atoms with Gasteiger partial charge in [0.1, 0.15) is 18.7 Å². The minimum absolute atomic E-state index is 0.161. The van der Waals surface area contributed by atoms with E-state index >= 15 is 0 Å². The fourth-order valence-corrected chi connectivity index (χ4v) is 2.40. The molecule has 8 heteroatoms. The predicted octanol–water partition coefficient (Wildman–Crippen LogP) is 2.49. The maximum atomic E-state index is 12.3. The van der Waals surface area contributed by atoms with E-state index in [9.17, 15) is 14.4 Å². The lowest BCUT2D eigenvalue weighted by Crippen LogP contribution is -2.32. The van der Waals surface area contributed by atoms with Crippen molar-refractivity contribution < 1.29 is 19.1 Å². The van der Waals surface area contributed by atoms with Gasteiger partial charge in [0.25, 0.3) is 0 Å². The van der Waals surface area contributed by atoms with Gasteiger partial charge in [0, 0.05) is 11.6 Å². The van der Waals surface area contributed by atoms with Crippen LogP contribution in [0.4, 0.5) is 5.82 Å². The molecule has 0 aromatic carbocycles. The van der Waals surface area contributed by atoms with Crippen LogP contribution in [0.3, 0.4) is 0 Å². The van der Waals surface area contributed by atoms with Crippen molar-refractivity contribution in [3.05, 3.63) is 22.7 Å². The Bertz CT molecular complexity index is 758. The summed E-state index contributed by atoms with van der Waals surface area (Å²) in [5, 5.41) is 2.63. The summed E-state index contributed by atoms with van der Waals surface area (Å²) in [6, 6.07) is 1.57. The van der Waals surface area contributed by atoms with Crippen LogP contribution in [0, 0.1) is 10.8 Å². The van der Waals surface area contributed by atoms with E-state index in [-0.39, 0.29) is 30.4 Å². The van der Waals surface area contributed by atoms with Gasteiger partial charge < -0.3 is 14.8 Å². The van der Waals surface area contributed by atoms with E-state index in [1.807, 2.05) is 0 Å². The van der Waals surface area contributed by atoms with Gasteiger partial charge in [-0.2, -0.15) is 4.98 Å². The highest BCUT2D eigenvalue weighted by Crippen LogP contribution is 2.28. The number of aromatic nitrogens is 2. The number of nitrogens with one attached hydrogen (secondary N) is 1. The topological polar surface area (TPSA) is 99.5 Å². The molecule has 8 nitrogen and oxygen atoms in total. The van der Waals surface area contributed by atoms with Crippen molar-refractivity contribution in [1.29, 1.82) is 0 Å². The smallest absolute Gasteiger partial charge is 0.351 e. The zero-order valence-electron chi connectivity index (χ0n) is 16.9. The number of hydrogen-bond donors (Lipinski definition) is 1. The van der Waals surface area contributed by atoms with Gasteiger partial charge in [-0.15, -0.1) is 0 Å². The minimum Gasteiger partial charge on any atom is -0.463 e. The predicted molar refractivity (Wildman–Crippen MR) is 100 cm³/mol. The first-order valence-corrected chi connectivity index (χ1v) is 9.11. The maximum Gasteiger partial charge on any atom is 0.351 e. The molecule has 1 aliphatic heterocycles. The molecule has 2 atom stereocenters. The molecule has 1 aromatic heterocycles. The average molecular weight is 379 g/mol. The molecular weight excluding hydrogens is 350 g/mol. The molecule has 0 radical (unpaired) electrons. The number of hydrogen-bond acceptors (Lipinski definition) is 6. The minimum atomic E-state index is -0.581. The van der Waals surface area contributed by atoms with E-state index in [0.717, 1.165) is 0 Å². The monoisotopic (exact) mass is 379 g/mol. The molecule has 0 spiro atoms. The van der Waals surface area contributed by atoms with Gasteiger partial charge in [-0.1, -0.05) is 20.8 Å². The summed E-state index contributed by atoms with van der Waals surface area (Å²) >= 11 is 0. The molecule has 150 valence electrons. The summed E-state index contributed by atoms with van der Waals surface area (Å²) in [6.07, 6.45) is 2.13. The molecule has 1 saturated heterocycles. The average Bonchev–Trinajstić information content (AvgIpc) is 2.99. The second-order valence-electron chi connectivity index (χ2n) is 8.85. The highest BCUT2D eigenvalue weighted by molar-refractivity contribution is 5.93. The first kappa shape index (κ1) is 21.1. The third-order valence-electron chi connectivity index (χ3n) is 4.16. The highest BCUT2D eigenvalue weighted by atomic mass is 16.6. The normalized spacial score (nSPS) is 20.4. The molecular formula is C19H29N3O5. The summed E-state index contributed by atoms with van der Waals surface area (Å²) < 4.78 is 12.5. The van der Waals surface area contributed by atoms with Gasteiger partial charge in [0.2, 0.25) is 5.91 Å². The van der Waals surface area contributed by atoms with Crippen molar-refractivity contribution in [2.75, 3.05) is 11.9 Å². The molecule has 0 unspecified atom stereocenters. The fraction of sp³-hybridized carbons (Fsp3) is 0.684. The lowest BCUT2D eigenvalue weighted by molar-refractivity contribution is -0.157. The van der Waals surface area contributed by atoms with Crippen LogP contribution in [-0.4, -0.2) is 34.1 Å². The number of nitrogens with zero attached hydrogens (tertiary/aromatic N) is 2. The number of carbonyl (C=O) groups excluding carboxylic acids is 2. The van der Waals surface area contributed by atoms with Gasteiger partial charge in [0.05, 0.1) is 11.5 Å². The highest BCUT2D eigenvalue weighted by Gasteiger charge is 2.30. The lowest BCUT2D eigenvalue weighted by Gasteiger charge is -2.20. The van der Waals surface area contributed by atoms with Crippen LogP contribution in [0.2, 0.25) is 0 Å². The lowest BCUT2D eigenvalue weighted by atomic mass is 9.96. The number of carbonyl (C=O) groups is 2. The number of rotatable bonds is 4. The fourth-order valence-electron chi connectivity index (χ4n) is 2.40. The van der Waals surface area contributed by atoms with Crippen LogP contribution in [0.15, 0.2) is 17.1 Å². The number of anilines is 1. The molecule has 1 N–H and O–H groups in total. The van der Waals surface area contributed by atoms with Gasteiger partial charge in [0.15, 0.2) is 0 Å². The van der Waals surface area contributed by atoms with Gasteiger partial charge >= 0.3 is 11.7 Å². The van der Waals surface area contributed by atoms with Crippen molar-refractivity contribution in [3.8, 4) is 0 Å². The van der Waals surface area contributed by atoms with Crippen molar-refractivity contribution in [1.82, 2.24) is 9.55 Å². The Balaban J connectivity index is 1.97. The van der Waals surface area contributed by atoms with E-state index in [4.69, 9.17) is 9.47 Å². The number of esters is 1. The van der Waals surface area contributed by atoms with Crippen LogP contribution < -0.4 is 11.0 Å². The largest absolute Gasteiger partial charge is 0.463 e. The standard InChI is InChI=1S/C19H29N3O5/c1-18(2,3)15(23)20-13-9-10-22(17(25)21-13)14-8-7-12(27-14)11-26-16(24)19(4,5)6/h9-10,12,14H,7-8,11H2,1-6H3,(H,20,21,23,25)/t12-,14+/m0/s1. The first-order valence-electron chi connectivity index (χ1n) is 9.11. The van der Waals surface area contributed by atoms with Crippen LogP contribution in [0.25, 0.3) is 0 Å².